The quantitative estimate of drug-likeness (QED) is 0.166. The molecule has 0 spiro atoms. The highest BCUT2D eigenvalue weighted by molar-refractivity contribution is 6.35. The lowest BCUT2D eigenvalue weighted by molar-refractivity contribution is -0.130. The Balaban J connectivity index is 1.34. The molecule has 11 nitrogen and oxygen atoms in total. The van der Waals surface area contributed by atoms with E-state index < -0.39 is 17.7 Å². The summed E-state index contributed by atoms with van der Waals surface area (Å²) in [5.41, 5.74) is 10.4. The van der Waals surface area contributed by atoms with E-state index in [1.807, 2.05) is 51.1 Å². The number of aryl methyl sites for hydroxylation is 1. The van der Waals surface area contributed by atoms with Crippen molar-refractivity contribution in [1.29, 1.82) is 0 Å². The van der Waals surface area contributed by atoms with E-state index in [0.29, 0.717) is 35.1 Å². The fraction of sp³-hybridized carbons (Fsp3) is 0.382. The zero-order chi connectivity index (χ0) is 33.0. The van der Waals surface area contributed by atoms with Crippen LogP contribution in [-0.2, 0) is 16.0 Å². The van der Waals surface area contributed by atoms with Gasteiger partial charge < -0.3 is 26.1 Å². The summed E-state index contributed by atoms with van der Waals surface area (Å²) in [4.78, 5) is 58.1. The van der Waals surface area contributed by atoms with Gasteiger partial charge in [0.05, 0.1) is 10.5 Å². The van der Waals surface area contributed by atoms with Gasteiger partial charge in [-0.1, -0.05) is 41.9 Å². The number of aromatic nitrogens is 2. The van der Waals surface area contributed by atoms with Crippen molar-refractivity contribution in [3.05, 3.63) is 81.1 Å². The van der Waals surface area contributed by atoms with Crippen LogP contribution < -0.4 is 27.4 Å². The molecule has 1 atom stereocenters. The molecule has 4 aromatic rings. The van der Waals surface area contributed by atoms with Gasteiger partial charge in [0.2, 0.25) is 11.8 Å². The van der Waals surface area contributed by atoms with Crippen LogP contribution in [0, 0.1) is 18.8 Å². The number of hydrogen-bond acceptors (Lipinski definition) is 7. The number of carbonyl (C=O) groups is 3. The van der Waals surface area contributed by atoms with Crippen LogP contribution in [0.1, 0.15) is 61.3 Å². The van der Waals surface area contributed by atoms with E-state index in [2.05, 4.69) is 25.9 Å². The van der Waals surface area contributed by atoms with Gasteiger partial charge in [-0.05, 0) is 88.2 Å². The molecule has 2 heterocycles. The number of halogens is 1. The minimum atomic E-state index is -0.884. The number of fused-ring (bicyclic) bond motifs is 1. The van der Waals surface area contributed by atoms with Crippen LogP contribution in [-0.4, -0.2) is 46.3 Å². The third kappa shape index (κ3) is 7.83. The minimum Gasteiger partial charge on any atom is -0.406 e. The van der Waals surface area contributed by atoms with Crippen LogP contribution in [0.5, 0.6) is 0 Å². The molecule has 0 bridgehead atoms. The highest BCUT2D eigenvalue weighted by Gasteiger charge is 2.29. The first kappa shape index (κ1) is 32.9. The highest BCUT2D eigenvalue weighted by atomic mass is 35.5. The molecule has 2 aromatic heterocycles. The van der Waals surface area contributed by atoms with Crippen molar-refractivity contribution in [2.24, 2.45) is 17.6 Å². The van der Waals surface area contributed by atoms with Crippen molar-refractivity contribution in [3.63, 3.8) is 0 Å². The van der Waals surface area contributed by atoms with Gasteiger partial charge in [-0.2, -0.15) is 0 Å². The Labute approximate surface area is 271 Å². The van der Waals surface area contributed by atoms with E-state index >= 15 is 0 Å². The monoisotopic (exact) mass is 646 g/mol. The number of aromatic amines is 1. The van der Waals surface area contributed by atoms with Crippen molar-refractivity contribution in [1.82, 2.24) is 20.6 Å². The lowest BCUT2D eigenvalue weighted by atomic mass is 9.81. The average molecular weight is 647 g/mol. The molecule has 0 saturated heterocycles. The molecule has 6 N–H and O–H groups in total. The lowest BCUT2D eigenvalue weighted by Crippen LogP contribution is -2.48. The number of nitrogens with one attached hydrogen (secondary N) is 4. The maximum Gasteiger partial charge on any atom is 0.417 e. The molecule has 5 rings (SSSR count). The molecule has 242 valence electrons. The number of rotatable bonds is 10. The minimum absolute atomic E-state index is 0.00665. The number of carbonyl (C=O) groups excluding carboxylic acids is 3. The molecule has 1 unspecified atom stereocenters. The first-order valence-electron chi connectivity index (χ1n) is 15.5. The van der Waals surface area contributed by atoms with Gasteiger partial charge in [0, 0.05) is 35.3 Å². The summed E-state index contributed by atoms with van der Waals surface area (Å²) in [7, 11) is 0. The smallest absolute Gasteiger partial charge is 0.406 e. The summed E-state index contributed by atoms with van der Waals surface area (Å²) in [5, 5.41) is 8.85. The van der Waals surface area contributed by atoms with Crippen LogP contribution >= 0.6 is 11.6 Å². The Hall–Kier alpha value is -4.48. The molecule has 1 saturated carbocycles. The highest BCUT2D eigenvalue weighted by Crippen LogP contribution is 2.29. The first-order valence-corrected chi connectivity index (χ1v) is 15.9. The molecule has 12 heteroatoms. The first-order chi connectivity index (χ1) is 22.0. The average Bonchev–Trinajstić information content (AvgIpc) is 3.41. The Kier molecular flexibility index (Phi) is 10.2. The molecule has 2 aromatic carbocycles. The normalized spacial score (nSPS) is 17.1. The Bertz CT molecular complexity index is 1790. The summed E-state index contributed by atoms with van der Waals surface area (Å²) < 4.78 is 5.06. The molecule has 1 aliphatic carbocycles. The van der Waals surface area contributed by atoms with Crippen LogP contribution in [0.25, 0.3) is 22.2 Å². The van der Waals surface area contributed by atoms with E-state index in [9.17, 15) is 19.2 Å². The van der Waals surface area contributed by atoms with Crippen molar-refractivity contribution in [2.75, 3.05) is 11.9 Å². The zero-order valence-corrected chi connectivity index (χ0v) is 26.9. The van der Waals surface area contributed by atoms with Gasteiger partial charge in [0.25, 0.3) is 5.91 Å². The largest absolute Gasteiger partial charge is 0.417 e. The van der Waals surface area contributed by atoms with E-state index in [-0.39, 0.29) is 40.8 Å². The topological polar surface area (TPSA) is 172 Å². The molecule has 1 fully saturated rings. The second kappa shape index (κ2) is 14.3. The van der Waals surface area contributed by atoms with Gasteiger partial charge in [-0.3, -0.25) is 19.4 Å². The third-order valence-electron chi connectivity index (χ3n) is 8.37. The van der Waals surface area contributed by atoms with Crippen LogP contribution in [0.3, 0.4) is 0 Å². The molecular formula is C34H39ClN6O5. The van der Waals surface area contributed by atoms with E-state index in [1.165, 1.54) is 6.07 Å². The van der Waals surface area contributed by atoms with Gasteiger partial charge in [0.15, 0.2) is 5.58 Å². The van der Waals surface area contributed by atoms with Gasteiger partial charge in [-0.15, -0.1) is 0 Å². The maximum atomic E-state index is 13.7. The van der Waals surface area contributed by atoms with Crippen molar-refractivity contribution in [3.8, 4) is 11.1 Å². The van der Waals surface area contributed by atoms with E-state index in [1.54, 1.807) is 12.1 Å². The number of nitrogens with two attached hydrogens (primary N) is 1. The number of nitrogens with zero attached hydrogens (tertiary/aromatic N) is 1. The fourth-order valence-corrected chi connectivity index (χ4v) is 6.12. The van der Waals surface area contributed by atoms with Gasteiger partial charge in [0.1, 0.15) is 11.7 Å². The van der Waals surface area contributed by atoms with Gasteiger partial charge in [-0.25, -0.2) is 9.78 Å². The SMILES string of the molecule is Cc1nc(C(=O)NC(C)C)ccc1-c1ccc(CC(NC(=O)C2CCC(CN)CC2)C(=O)Nc2cc(Cl)c3oc(=O)[nH]c3c2)cc1. The molecule has 0 radical (unpaired) electrons. The molecule has 0 aliphatic heterocycles. The number of pyridine rings is 1. The van der Waals surface area contributed by atoms with Gasteiger partial charge >= 0.3 is 5.76 Å². The Morgan fingerprint density at radius 2 is 1.76 bits per heavy atom. The summed E-state index contributed by atoms with van der Waals surface area (Å²) in [6, 6.07) is 13.4. The Morgan fingerprint density at radius 3 is 2.41 bits per heavy atom. The van der Waals surface area contributed by atoms with Crippen molar-refractivity contribution in [2.45, 2.75) is 65.0 Å². The third-order valence-corrected chi connectivity index (χ3v) is 8.65. The summed E-state index contributed by atoms with van der Waals surface area (Å²) in [6.07, 6.45) is 3.45. The van der Waals surface area contributed by atoms with E-state index in [4.69, 9.17) is 21.8 Å². The van der Waals surface area contributed by atoms with Crippen LogP contribution in [0.4, 0.5) is 5.69 Å². The second-order valence-electron chi connectivity index (χ2n) is 12.2. The fourth-order valence-electron chi connectivity index (χ4n) is 5.86. The van der Waals surface area contributed by atoms with Crippen molar-refractivity contribution >= 4 is 46.1 Å². The van der Waals surface area contributed by atoms with E-state index in [0.717, 1.165) is 42.4 Å². The number of hydrogen-bond donors (Lipinski definition) is 5. The Morgan fingerprint density at radius 1 is 1.04 bits per heavy atom. The zero-order valence-electron chi connectivity index (χ0n) is 26.1. The molecule has 3 amide bonds. The predicted octanol–water partition coefficient (Wildman–Crippen LogP) is 4.71. The molecular weight excluding hydrogens is 608 g/mol. The number of benzene rings is 2. The molecule has 1 aliphatic rings. The van der Waals surface area contributed by atoms with Crippen LogP contribution in [0.2, 0.25) is 5.02 Å². The number of oxazole rings is 1. The molecule has 46 heavy (non-hydrogen) atoms. The lowest BCUT2D eigenvalue weighted by Gasteiger charge is -2.28. The summed E-state index contributed by atoms with van der Waals surface area (Å²) in [6.45, 7) is 6.26. The standard InChI is InChI=1S/C34H39ClN6O5/c1-18(2)37-32(43)27-13-12-25(19(3)38-27)22-8-4-20(5-9-22)14-29(40-31(42)23-10-6-21(17-36)7-11-23)33(44)39-24-15-26(35)30-28(16-24)41-34(45)46-30/h4-5,8-9,12-13,15-16,18,21,23,29H,6-7,10-11,14,17,36H2,1-3H3,(H,37,43)(H,39,44)(H,40,42)(H,41,45). The number of anilines is 1. The predicted molar refractivity (Wildman–Crippen MR) is 178 cm³/mol. The van der Waals surface area contributed by atoms with Crippen molar-refractivity contribution < 1.29 is 18.8 Å². The summed E-state index contributed by atoms with van der Waals surface area (Å²) >= 11 is 6.29. The maximum absolute atomic E-state index is 13.7. The second-order valence-corrected chi connectivity index (χ2v) is 12.6. The summed E-state index contributed by atoms with van der Waals surface area (Å²) in [5.74, 6) is -1.24. The van der Waals surface area contributed by atoms with Crippen LogP contribution in [0.15, 0.2) is 57.7 Å². The number of H-pyrrole nitrogens is 1. The number of amides is 3.